The Morgan fingerprint density at radius 2 is 2.43 bits per heavy atom. The van der Waals surface area contributed by atoms with Crippen LogP contribution in [-0.2, 0) is 0 Å². The molecule has 0 amide bonds. The molecule has 37 valence electrons. The van der Waals surface area contributed by atoms with E-state index < -0.39 is 0 Å². The molecule has 0 aliphatic rings. The molecule has 7 heavy (non-hydrogen) atoms. The van der Waals surface area contributed by atoms with Gasteiger partial charge in [0.2, 0.25) is 0 Å². The minimum atomic E-state index is 0.259. The Morgan fingerprint density at radius 1 is 1.71 bits per heavy atom. The fourth-order valence-electron chi connectivity index (χ4n) is 0.428. The van der Waals surface area contributed by atoms with E-state index in [1.807, 2.05) is 0 Å². The summed E-state index contributed by atoms with van der Waals surface area (Å²) >= 11 is 0. The van der Waals surface area contributed by atoms with E-state index in [1.165, 1.54) is 10.8 Å². The Labute approximate surface area is 42.0 Å². The van der Waals surface area contributed by atoms with E-state index in [9.17, 15) is 0 Å². The predicted molar refractivity (Wildman–Crippen MR) is 26.9 cm³/mol. The molecule has 0 spiro atoms. The lowest BCUT2D eigenvalue weighted by molar-refractivity contribution is 0.475. The molecule has 2 nitrogen and oxygen atoms in total. The Bertz CT molecular complexity index is 140. The third kappa shape index (κ3) is 0.738. The Morgan fingerprint density at radius 3 is 2.57 bits per heavy atom. The fourth-order valence-corrected chi connectivity index (χ4v) is 0.428. The van der Waals surface area contributed by atoms with Crippen molar-refractivity contribution < 1.29 is 5.11 Å². The first-order valence-corrected chi connectivity index (χ1v) is 1.97. The van der Waals surface area contributed by atoms with Crippen LogP contribution in [-0.4, -0.2) is 9.67 Å². The monoisotopic (exact) mass is 96.0 g/mol. The lowest BCUT2D eigenvalue weighted by Crippen LogP contribution is -1.71. The molecule has 1 radical (unpaired) electrons. The Kier molecular flexibility index (Phi) is 0.785. The van der Waals surface area contributed by atoms with Gasteiger partial charge in [0.1, 0.15) is 5.75 Å². The van der Waals surface area contributed by atoms with Gasteiger partial charge in [-0.2, -0.15) is 0 Å². The summed E-state index contributed by atoms with van der Waals surface area (Å²) in [5.74, 6) is 0.259. The molecule has 1 N–H and O–H groups in total. The molecule has 1 heterocycles. The molecule has 0 saturated heterocycles. The molecule has 0 aliphatic heterocycles. The molecule has 0 aromatic carbocycles. The molecule has 0 bridgehead atoms. The van der Waals surface area contributed by atoms with E-state index in [2.05, 4.69) is 7.05 Å². The zero-order valence-electron chi connectivity index (χ0n) is 3.83. The van der Waals surface area contributed by atoms with Crippen LogP contribution in [0.1, 0.15) is 0 Å². The second kappa shape index (κ2) is 1.30. The zero-order chi connectivity index (χ0) is 5.28. The van der Waals surface area contributed by atoms with Gasteiger partial charge in [-0.05, 0) is 6.07 Å². The summed E-state index contributed by atoms with van der Waals surface area (Å²) in [5.41, 5.74) is 0. The highest BCUT2D eigenvalue weighted by molar-refractivity contribution is 5.15. The maximum Gasteiger partial charge on any atom is 0.133 e. The predicted octanol–water partition coefficient (Wildman–Crippen LogP) is 0.833. The van der Waals surface area contributed by atoms with Crippen molar-refractivity contribution in [1.29, 1.82) is 0 Å². The number of hydrogen-bond donors (Lipinski definition) is 1. The van der Waals surface area contributed by atoms with Gasteiger partial charge in [-0.25, -0.2) is 0 Å². The van der Waals surface area contributed by atoms with Crippen LogP contribution >= 0.6 is 0 Å². The van der Waals surface area contributed by atoms with Crippen molar-refractivity contribution in [2.75, 3.05) is 0 Å². The molecule has 1 rings (SSSR count). The van der Waals surface area contributed by atoms with Crippen LogP contribution in [0.5, 0.6) is 5.75 Å². The Hall–Kier alpha value is -0.920. The average Bonchev–Trinajstić information content (AvgIpc) is 1.87. The van der Waals surface area contributed by atoms with Crippen molar-refractivity contribution >= 4 is 0 Å². The van der Waals surface area contributed by atoms with Gasteiger partial charge in [0.25, 0.3) is 0 Å². The number of aromatic hydroxyl groups is 1. The lowest BCUT2D eigenvalue weighted by Gasteiger charge is -1.79. The number of nitrogens with zero attached hydrogens (tertiary/aromatic N) is 1. The van der Waals surface area contributed by atoms with Crippen molar-refractivity contribution in [3.8, 4) is 5.75 Å². The second-order valence-corrected chi connectivity index (χ2v) is 1.38. The van der Waals surface area contributed by atoms with E-state index in [4.69, 9.17) is 5.11 Å². The summed E-state index contributed by atoms with van der Waals surface area (Å²) in [7, 11) is 3.50. The summed E-state index contributed by atoms with van der Waals surface area (Å²) in [6.45, 7) is 0. The molecule has 1 aromatic rings. The van der Waals surface area contributed by atoms with Crippen LogP contribution in [0.25, 0.3) is 0 Å². The number of aromatic nitrogens is 1. The van der Waals surface area contributed by atoms with Crippen molar-refractivity contribution in [2.45, 2.75) is 0 Å². The van der Waals surface area contributed by atoms with Gasteiger partial charge in [-0.1, -0.05) is 0 Å². The van der Waals surface area contributed by atoms with Crippen molar-refractivity contribution in [3.05, 3.63) is 25.5 Å². The van der Waals surface area contributed by atoms with Crippen molar-refractivity contribution in [1.82, 2.24) is 4.57 Å². The lowest BCUT2D eigenvalue weighted by atomic mass is 10.6. The van der Waals surface area contributed by atoms with Crippen LogP contribution in [0.2, 0.25) is 0 Å². The van der Waals surface area contributed by atoms with Crippen LogP contribution < -0.4 is 0 Å². The second-order valence-electron chi connectivity index (χ2n) is 1.38. The van der Waals surface area contributed by atoms with Crippen LogP contribution in [0.3, 0.4) is 0 Å². The van der Waals surface area contributed by atoms with Crippen molar-refractivity contribution in [2.24, 2.45) is 0 Å². The van der Waals surface area contributed by atoms with E-state index in [1.54, 1.807) is 12.3 Å². The molecule has 0 fully saturated rings. The van der Waals surface area contributed by atoms with E-state index in [-0.39, 0.29) is 5.75 Å². The van der Waals surface area contributed by atoms with Gasteiger partial charge in [0.05, 0.1) is 0 Å². The van der Waals surface area contributed by atoms with Gasteiger partial charge < -0.3 is 9.67 Å². The smallest absolute Gasteiger partial charge is 0.133 e. The quantitative estimate of drug-likeness (QED) is 0.508. The minimum Gasteiger partial charge on any atom is -0.506 e. The molecule has 0 unspecified atom stereocenters. The maximum absolute atomic E-state index is 8.59. The first-order chi connectivity index (χ1) is 3.29. The number of hydrogen-bond acceptors (Lipinski definition) is 1. The van der Waals surface area contributed by atoms with E-state index in [0.29, 0.717) is 0 Å². The van der Waals surface area contributed by atoms with Gasteiger partial charge in [0.15, 0.2) is 0 Å². The summed E-state index contributed by atoms with van der Waals surface area (Å²) in [5, 5.41) is 8.59. The molecule has 2 heteroatoms. The SMILES string of the molecule is [CH2]n1ccc(O)c1. The van der Waals surface area contributed by atoms with Crippen LogP contribution in [0.15, 0.2) is 18.5 Å². The highest BCUT2D eigenvalue weighted by Crippen LogP contribution is 2.04. The van der Waals surface area contributed by atoms with Gasteiger partial charge in [-0.3, -0.25) is 0 Å². The highest BCUT2D eigenvalue weighted by Gasteiger charge is 1.83. The summed E-state index contributed by atoms with van der Waals surface area (Å²) < 4.78 is 1.54. The summed E-state index contributed by atoms with van der Waals surface area (Å²) in [6, 6.07) is 1.58. The molecule has 0 saturated carbocycles. The van der Waals surface area contributed by atoms with Crippen molar-refractivity contribution in [3.63, 3.8) is 0 Å². The third-order valence-electron chi connectivity index (χ3n) is 0.735. The zero-order valence-corrected chi connectivity index (χ0v) is 3.83. The first kappa shape index (κ1) is 4.24. The molecule has 1 aromatic heterocycles. The normalized spacial score (nSPS) is 9.29. The van der Waals surface area contributed by atoms with Crippen LogP contribution in [0.4, 0.5) is 0 Å². The molecule has 0 atom stereocenters. The van der Waals surface area contributed by atoms with E-state index >= 15 is 0 Å². The van der Waals surface area contributed by atoms with Gasteiger partial charge >= 0.3 is 0 Å². The average molecular weight is 96.1 g/mol. The van der Waals surface area contributed by atoms with Crippen LogP contribution in [0, 0.1) is 7.05 Å². The summed E-state index contributed by atoms with van der Waals surface area (Å²) in [4.78, 5) is 0. The third-order valence-corrected chi connectivity index (χ3v) is 0.735. The van der Waals surface area contributed by atoms with Gasteiger partial charge in [0, 0.05) is 19.4 Å². The highest BCUT2D eigenvalue weighted by atomic mass is 16.3. The van der Waals surface area contributed by atoms with E-state index in [0.717, 1.165) is 0 Å². The molecular formula is C5H6NO. The maximum atomic E-state index is 8.59. The molecule has 0 aliphatic carbocycles. The minimum absolute atomic E-state index is 0.259. The standard InChI is InChI=1S/C5H6NO/c1-6-3-2-5(7)4-6/h2-4,7H,1H2. The topological polar surface area (TPSA) is 25.2 Å². The summed E-state index contributed by atoms with van der Waals surface area (Å²) in [6.07, 6.45) is 3.20. The number of rotatable bonds is 0. The fraction of sp³-hybridized carbons (Fsp3) is 0. The largest absolute Gasteiger partial charge is 0.506 e. The molecular weight excluding hydrogens is 90.1 g/mol. The first-order valence-electron chi connectivity index (χ1n) is 1.97. The Balaban J connectivity index is 3.04. The van der Waals surface area contributed by atoms with Gasteiger partial charge in [-0.15, -0.1) is 0 Å².